The van der Waals surface area contributed by atoms with Crippen LogP contribution in [0.3, 0.4) is 0 Å². The maximum absolute atomic E-state index is 12.7. The number of carbonyl (C=O) groups is 1. The molecule has 2 bridgehead atoms. The van der Waals surface area contributed by atoms with Crippen molar-refractivity contribution in [2.24, 2.45) is 11.8 Å². The summed E-state index contributed by atoms with van der Waals surface area (Å²) in [5.74, 6) is 1.26. The highest BCUT2D eigenvalue weighted by Gasteiger charge is 2.34. The number of piperidine rings is 2. The van der Waals surface area contributed by atoms with E-state index in [2.05, 4.69) is 31.3 Å². The fraction of sp³-hybridized carbons (Fsp3) is 0.632. The van der Waals surface area contributed by atoms with Crippen molar-refractivity contribution >= 4 is 5.78 Å². The molecule has 2 aliphatic rings. The van der Waals surface area contributed by atoms with Crippen molar-refractivity contribution in [1.82, 2.24) is 5.32 Å². The zero-order valence-corrected chi connectivity index (χ0v) is 13.3. The van der Waals surface area contributed by atoms with Crippen molar-refractivity contribution in [2.45, 2.75) is 64.5 Å². The smallest absolute Gasteiger partial charge is 0.166 e. The molecule has 2 saturated heterocycles. The van der Waals surface area contributed by atoms with E-state index in [1.165, 1.54) is 24.8 Å². The summed E-state index contributed by atoms with van der Waals surface area (Å²) in [7, 11) is 0. The molecule has 114 valence electrons. The van der Waals surface area contributed by atoms with Gasteiger partial charge in [0, 0.05) is 23.6 Å². The molecule has 2 heterocycles. The first-order chi connectivity index (χ1) is 10.1. The highest BCUT2D eigenvalue weighted by molar-refractivity contribution is 5.98. The van der Waals surface area contributed by atoms with Gasteiger partial charge in [0.25, 0.3) is 0 Å². The van der Waals surface area contributed by atoms with Crippen molar-refractivity contribution < 1.29 is 4.79 Å². The number of hydrogen-bond acceptors (Lipinski definition) is 2. The second-order valence-electron chi connectivity index (χ2n) is 7.32. The second-order valence-corrected chi connectivity index (χ2v) is 7.32. The van der Waals surface area contributed by atoms with E-state index < -0.39 is 0 Å². The molecule has 3 rings (SSSR count). The molecule has 1 aromatic carbocycles. The lowest BCUT2D eigenvalue weighted by molar-refractivity contribution is 0.0825. The Morgan fingerprint density at radius 3 is 2.33 bits per heavy atom. The Morgan fingerprint density at radius 1 is 1.14 bits per heavy atom. The van der Waals surface area contributed by atoms with E-state index in [9.17, 15) is 4.79 Å². The van der Waals surface area contributed by atoms with Gasteiger partial charge in [-0.15, -0.1) is 0 Å². The van der Waals surface area contributed by atoms with E-state index in [0.717, 1.165) is 24.8 Å². The highest BCUT2D eigenvalue weighted by atomic mass is 16.1. The molecular formula is C19H27NO. The number of carbonyl (C=O) groups excluding carboxylic acids is 1. The summed E-state index contributed by atoms with van der Waals surface area (Å²) in [5.41, 5.74) is 2.25. The van der Waals surface area contributed by atoms with Gasteiger partial charge in [-0.25, -0.2) is 0 Å². The SMILES string of the molecule is CC(C)Cc1ccc(C(=O)C2CC3CCCC(C2)N3)cc1. The van der Waals surface area contributed by atoms with Crippen molar-refractivity contribution in [3.8, 4) is 0 Å². The quantitative estimate of drug-likeness (QED) is 0.848. The van der Waals surface area contributed by atoms with Crippen molar-refractivity contribution in [1.29, 1.82) is 0 Å². The Labute approximate surface area is 128 Å². The van der Waals surface area contributed by atoms with Gasteiger partial charge in [-0.05, 0) is 43.6 Å². The molecule has 2 aliphatic heterocycles. The number of hydrogen-bond donors (Lipinski definition) is 1. The first-order valence-electron chi connectivity index (χ1n) is 8.51. The normalized spacial score (nSPS) is 28.6. The van der Waals surface area contributed by atoms with Crippen LogP contribution >= 0.6 is 0 Å². The molecule has 21 heavy (non-hydrogen) atoms. The van der Waals surface area contributed by atoms with Crippen LogP contribution < -0.4 is 5.32 Å². The number of ketones is 1. The van der Waals surface area contributed by atoms with Gasteiger partial charge in [0.1, 0.15) is 0 Å². The van der Waals surface area contributed by atoms with Gasteiger partial charge in [-0.3, -0.25) is 4.79 Å². The number of rotatable bonds is 4. The van der Waals surface area contributed by atoms with Crippen molar-refractivity contribution in [3.05, 3.63) is 35.4 Å². The molecular weight excluding hydrogens is 258 g/mol. The topological polar surface area (TPSA) is 29.1 Å². The van der Waals surface area contributed by atoms with Gasteiger partial charge in [-0.2, -0.15) is 0 Å². The molecule has 2 nitrogen and oxygen atoms in total. The molecule has 2 heteroatoms. The third-order valence-corrected chi connectivity index (χ3v) is 4.97. The summed E-state index contributed by atoms with van der Waals surface area (Å²) in [6.45, 7) is 4.46. The lowest BCUT2D eigenvalue weighted by atomic mass is 9.77. The number of fused-ring (bicyclic) bond motifs is 2. The minimum Gasteiger partial charge on any atom is -0.311 e. The van der Waals surface area contributed by atoms with Crippen LogP contribution in [0.1, 0.15) is 61.9 Å². The first-order valence-corrected chi connectivity index (χ1v) is 8.51. The summed E-state index contributed by atoms with van der Waals surface area (Å²) >= 11 is 0. The molecule has 2 atom stereocenters. The van der Waals surface area contributed by atoms with Crippen LogP contribution in [0.5, 0.6) is 0 Å². The molecule has 0 aliphatic carbocycles. The van der Waals surface area contributed by atoms with Crippen molar-refractivity contribution in [2.75, 3.05) is 0 Å². The number of Topliss-reactive ketones (excluding diaryl/α,β-unsaturated/α-hetero) is 1. The van der Waals surface area contributed by atoms with Crippen LogP contribution in [0.4, 0.5) is 0 Å². The maximum Gasteiger partial charge on any atom is 0.166 e. The highest BCUT2D eigenvalue weighted by Crippen LogP contribution is 2.31. The lowest BCUT2D eigenvalue weighted by Crippen LogP contribution is -2.50. The molecule has 2 unspecified atom stereocenters. The minimum absolute atomic E-state index is 0.234. The standard InChI is InChI=1S/C19H27NO/c1-13(2)10-14-6-8-15(9-7-14)19(21)16-11-17-4-3-5-18(12-16)20-17/h6-9,13,16-18,20H,3-5,10-12H2,1-2H3. The summed E-state index contributed by atoms with van der Waals surface area (Å²) in [5, 5.41) is 3.67. The minimum atomic E-state index is 0.234. The molecule has 0 amide bonds. The Bertz CT molecular complexity index is 479. The van der Waals surface area contributed by atoms with Crippen molar-refractivity contribution in [3.63, 3.8) is 0 Å². The summed E-state index contributed by atoms with van der Waals surface area (Å²) in [4.78, 5) is 12.7. The molecule has 0 radical (unpaired) electrons. The Kier molecular flexibility index (Phi) is 4.44. The summed E-state index contributed by atoms with van der Waals surface area (Å²) < 4.78 is 0. The van der Waals surface area contributed by atoms with Crippen LogP contribution in [0.2, 0.25) is 0 Å². The van der Waals surface area contributed by atoms with Gasteiger partial charge in [0.2, 0.25) is 0 Å². The second kappa shape index (κ2) is 6.31. The first kappa shape index (κ1) is 14.8. The zero-order chi connectivity index (χ0) is 14.8. The van der Waals surface area contributed by atoms with Gasteiger partial charge in [0.15, 0.2) is 5.78 Å². The fourth-order valence-corrected chi connectivity index (χ4v) is 3.99. The van der Waals surface area contributed by atoms with Crippen LogP contribution in [-0.2, 0) is 6.42 Å². The van der Waals surface area contributed by atoms with E-state index in [0.29, 0.717) is 23.8 Å². The van der Waals surface area contributed by atoms with Gasteiger partial charge >= 0.3 is 0 Å². The van der Waals surface area contributed by atoms with Gasteiger partial charge < -0.3 is 5.32 Å². The van der Waals surface area contributed by atoms with Gasteiger partial charge in [0.05, 0.1) is 0 Å². The number of nitrogens with one attached hydrogen (secondary N) is 1. The zero-order valence-electron chi connectivity index (χ0n) is 13.3. The largest absolute Gasteiger partial charge is 0.311 e. The molecule has 0 aromatic heterocycles. The molecule has 0 saturated carbocycles. The summed E-state index contributed by atoms with van der Waals surface area (Å²) in [6.07, 6.45) is 6.96. The third-order valence-electron chi connectivity index (χ3n) is 4.97. The fourth-order valence-electron chi connectivity index (χ4n) is 3.99. The van der Waals surface area contributed by atoms with Gasteiger partial charge in [-0.1, -0.05) is 44.5 Å². The van der Waals surface area contributed by atoms with E-state index in [1.807, 2.05) is 12.1 Å². The third kappa shape index (κ3) is 3.55. The molecule has 1 aromatic rings. The van der Waals surface area contributed by atoms with Crippen LogP contribution in [-0.4, -0.2) is 17.9 Å². The Hall–Kier alpha value is -1.15. The molecule has 2 fully saturated rings. The van der Waals surface area contributed by atoms with Crippen LogP contribution in [0, 0.1) is 11.8 Å². The molecule has 0 spiro atoms. The maximum atomic E-state index is 12.7. The Morgan fingerprint density at radius 2 is 1.76 bits per heavy atom. The average Bonchev–Trinajstić information content (AvgIpc) is 2.46. The van der Waals surface area contributed by atoms with E-state index >= 15 is 0 Å². The van der Waals surface area contributed by atoms with Crippen LogP contribution in [0.15, 0.2) is 24.3 Å². The number of benzene rings is 1. The van der Waals surface area contributed by atoms with E-state index in [-0.39, 0.29) is 5.92 Å². The monoisotopic (exact) mass is 285 g/mol. The predicted octanol–water partition coefficient (Wildman–Crippen LogP) is 3.99. The van der Waals surface area contributed by atoms with E-state index in [1.54, 1.807) is 0 Å². The van der Waals surface area contributed by atoms with E-state index in [4.69, 9.17) is 0 Å². The van der Waals surface area contributed by atoms with Crippen LogP contribution in [0.25, 0.3) is 0 Å². The average molecular weight is 285 g/mol. The summed E-state index contributed by atoms with van der Waals surface area (Å²) in [6, 6.07) is 9.50. The lowest BCUT2D eigenvalue weighted by Gasteiger charge is -2.39. The molecule has 1 N–H and O–H groups in total. The predicted molar refractivity (Wildman–Crippen MR) is 86.6 cm³/mol. The Balaban J connectivity index is 1.67.